The summed E-state index contributed by atoms with van der Waals surface area (Å²) in [6, 6.07) is 22.4. The van der Waals surface area contributed by atoms with Crippen LogP contribution < -0.4 is 4.90 Å². The Labute approximate surface area is 175 Å². The lowest BCUT2D eigenvalue weighted by atomic mass is 10.2. The minimum atomic E-state index is 0.583. The van der Waals surface area contributed by atoms with Gasteiger partial charge in [-0.15, -0.1) is 0 Å². The second-order valence-electron chi connectivity index (χ2n) is 6.66. The molecule has 0 unspecified atom stereocenters. The average Bonchev–Trinajstić information content (AvgIpc) is 2.83. The van der Waals surface area contributed by atoms with Crippen LogP contribution in [0.15, 0.2) is 93.3 Å². The lowest BCUT2D eigenvalue weighted by molar-refractivity contribution is 0.122. The monoisotopic (exact) mass is 396 g/mol. The first-order chi connectivity index (χ1) is 14.8. The van der Waals surface area contributed by atoms with Gasteiger partial charge < -0.3 is 9.64 Å². The summed E-state index contributed by atoms with van der Waals surface area (Å²) in [7, 11) is 0. The van der Waals surface area contributed by atoms with Crippen molar-refractivity contribution in [2.75, 3.05) is 31.2 Å². The molecule has 1 heterocycles. The first kappa shape index (κ1) is 19.4. The largest absolute Gasteiger partial charge is 0.378 e. The molecule has 30 heavy (non-hydrogen) atoms. The molecule has 0 amide bonds. The zero-order chi connectivity index (χ0) is 20.6. The van der Waals surface area contributed by atoms with Crippen molar-refractivity contribution in [2.24, 2.45) is 20.5 Å². The highest BCUT2D eigenvalue weighted by atomic mass is 16.5. The second kappa shape index (κ2) is 9.54. The van der Waals surface area contributed by atoms with Crippen molar-refractivity contribution in [3.63, 3.8) is 0 Å². The number of nitrogens with zero attached hydrogens (tertiary/aromatic N) is 6. The molecule has 7 heteroatoms. The molecule has 0 bridgehead atoms. The fourth-order valence-electron chi connectivity index (χ4n) is 2.96. The van der Waals surface area contributed by atoms with Gasteiger partial charge in [-0.2, -0.15) is 20.5 Å². The summed E-state index contributed by atoms with van der Waals surface area (Å²) in [5.74, 6) is 0. The molecule has 0 spiro atoms. The molecule has 3 aromatic rings. The molecule has 7 nitrogen and oxygen atoms in total. The van der Waals surface area contributed by atoms with Crippen LogP contribution in [0.4, 0.5) is 34.1 Å². The molecule has 3 aromatic carbocycles. The molecule has 148 valence electrons. The molecule has 4 rings (SSSR count). The van der Waals surface area contributed by atoms with Crippen LogP contribution in [0.3, 0.4) is 0 Å². The van der Waals surface area contributed by atoms with Crippen LogP contribution in [0.25, 0.3) is 4.85 Å². The number of morpholine rings is 1. The zero-order valence-corrected chi connectivity index (χ0v) is 16.3. The van der Waals surface area contributed by atoms with Crippen LogP contribution in [0, 0.1) is 6.57 Å². The Morgan fingerprint density at radius 1 is 0.633 bits per heavy atom. The normalized spacial score (nSPS) is 14.3. The molecule has 0 radical (unpaired) electrons. The Kier molecular flexibility index (Phi) is 6.18. The first-order valence-electron chi connectivity index (χ1n) is 9.64. The van der Waals surface area contributed by atoms with Crippen LogP contribution >= 0.6 is 0 Å². The number of rotatable bonds is 5. The summed E-state index contributed by atoms with van der Waals surface area (Å²) in [6.07, 6.45) is 0. The van der Waals surface area contributed by atoms with E-state index in [0.717, 1.165) is 43.4 Å². The number of benzene rings is 3. The molecule has 0 aromatic heterocycles. The predicted octanol–water partition coefficient (Wildman–Crippen LogP) is 6.90. The van der Waals surface area contributed by atoms with Gasteiger partial charge in [0.25, 0.3) is 0 Å². The van der Waals surface area contributed by atoms with Gasteiger partial charge in [-0.05, 0) is 60.7 Å². The molecule has 1 saturated heterocycles. The van der Waals surface area contributed by atoms with Crippen LogP contribution in [0.5, 0.6) is 0 Å². The van der Waals surface area contributed by atoms with Gasteiger partial charge in [0.05, 0.1) is 42.5 Å². The fourth-order valence-corrected chi connectivity index (χ4v) is 2.96. The second-order valence-corrected chi connectivity index (χ2v) is 6.66. The van der Waals surface area contributed by atoms with E-state index in [0.29, 0.717) is 11.4 Å². The van der Waals surface area contributed by atoms with Gasteiger partial charge >= 0.3 is 0 Å². The van der Waals surface area contributed by atoms with E-state index in [1.165, 1.54) is 5.69 Å². The van der Waals surface area contributed by atoms with Gasteiger partial charge in [0.15, 0.2) is 5.69 Å². The molecular weight excluding hydrogens is 376 g/mol. The van der Waals surface area contributed by atoms with E-state index >= 15 is 0 Å². The number of azo groups is 2. The molecule has 0 saturated carbocycles. The smallest absolute Gasteiger partial charge is 0.187 e. The van der Waals surface area contributed by atoms with Crippen molar-refractivity contribution in [1.29, 1.82) is 0 Å². The summed E-state index contributed by atoms with van der Waals surface area (Å²) in [5.41, 5.74) is 4.73. The Morgan fingerprint density at radius 3 is 1.47 bits per heavy atom. The predicted molar refractivity (Wildman–Crippen MR) is 117 cm³/mol. The summed E-state index contributed by atoms with van der Waals surface area (Å²) in [6.45, 7) is 10.3. The third-order valence-electron chi connectivity index (χ3n) is 4.62. The number of hydrogen-bond donors (Lipinski definition) is 0. The van der Waals surface area contributed by atoms with Crippen molar-refractivity contribution >= 4 is 34.1 Å². The summed E-state index contributed by atoms with van der Waals surface area (Å²) in [4.78, 5) is 5.66. The van der Waals surface area contributed by atoms with Gasteiger partial charge in [-0.3, -0.25) is 0 Å². The van der Waals surface area contributed by atoms with Gasteiger partial charge in [0.2, 0.25) is 0 Å². The highest BCUT2D eigenvalue weighted by molar-refractivity contribution is 5.54. The topological polar surface area (TPSA) is 66.3 Å². The van der Waals surface area contributed by atoms with Crippen LogP contribution in [-0.4, -0.2) is 26.3 Å². The SMILES string of the molecule is [C-]#[N+]c1ccc(N=Nc2ccc(N=Nc3ccc(N4CCOCC4)cc3)cc2)cc1. The van der Waals surface area contributed by atoms with E-state index in [2.05, 4.69) is 42.3 Å². The lowest BCUT2D eigenvalue weighted by Crippen LogP contribution is -2.36. The van der Waals surface area contributed by atoms with Crippen molar-refractivity contribution in [2.45, 2.75) is 0 Å². The third kappa shape index (κ3) is 5.13. The Morgan fingerprint density at radius 2 is 1.03 bits per heavy atom. The highest BCUT2D eigenvalue weighted by Gasteiger charge is 2.10. The third-order valence-corrected chi connectivity index (χ3v) is 4.62. The van der Waals surface area contributed by atoms with Gasteiger partial charge in [-0.25, -0.2) is 4.85 Å². The van der Waals surface area contributed by atoms with E-state index in [1.54, 1.807) is 24.3 Å². The molecule has 0 N–H and O–H groups in total. The Bertz CT molecular complexity index is 1060. The summed E-state index contributed by atoms with van der Waals surface area (Å²) < 4.78 is 5.39. The highest BCUT2D eigenvalue weighted by Crippen LogP contribution is 2.25. The first-order valence-corrected chi connectivity index (χ1v) is 9.64. The van der Waals surface area contributed by atoms with Gasteiger partial charge in [-0.1, -0.05) is 12.1 Å². The van der Waals surface area contributed by atoms with E-state index in [-0.39, 0.29) is 0 Å². The molecular formula is C23H20N6O. The average molecular weight is 396 g/mol. The molecule has 1 aliphatic heterocycles. The van der Waals surface area contributed by atoms with Crippen LogP contribution in [-0.2, 0) is 4.74 Å². The zero-order valence-electron chi connectivity index (χ0n) is 16.3. The van der Waals surface area contributed by atoms with Crippen LogP contribution in [0.1, 0.15) is 0 Å². The number of hydrogen-bond acceptors (Lipinski definition) is 6. The van der Waals surface area contributed by atoms with E-state index in [9.17, 15) is 0 Å². The van der Waals surface area contributed by atoms with E-state index < -0.39 is 0 Å². The standard InChI is InChI=1S/C23H20N6O/c1-24-18-2-4-19(5-3-18)25-26-20-6-8-21(9-7-20)27-28-22-10-12-23(13-11-22)29-14-16-30-17-15-29/h2-13H,14-17H2. The molecule has 1 fully saturated rings. The summed E-state index contributed by atoms with van der Waals surface area (Å²) >= 11 is 0. The number of anilines is 1. The van der Waals surface area contributed by atoms with Crippen molar-refractivity contribution in [3.05, 3.63) is 84.2 Å². The minimum Gasteiger partial charge on any atom is -0.378 e. The maximum Gasteiger partial charge on any atom is 0.187 e. The maximum atomic E-state index is 6.96. The Hall–Kier alpha value is -3.89. The van der Waals surface area contributed by atoms with Gasteiger partial charge in [0, 0.05) is 18.8 Å². The maximum absolute atomic E-state index is 6.96. The van der Waals surface area contributed by atoms with Gasteiger partial charge in [0.1, 0.15) is 0 Å². The minimum absolute atomic E-state index is 0.583. The van der Waals surface area contributed by atoms with Crippen molar-refractivity contribution in [3.8, 4) is 0 Å². The lowest BCUT2D eigenvalue weighted by Gasteiger charge is -2.28. The summed E-state index contributed by atoms with van der Waals surface area (Å²) in [5, 5.41) is 17.0. The van der Waals surface area contributed by atoms with Crippen molar-refractivity contribution in [1.82, 2.24) is 0 Å². The van der Waals surface area contributed by atoms with Crippen LogP contribution in [0.2, 0.25) is 0 Å². The molecule has 0 atom stereocenters. The van der Waals surface area contributed by atoms with Crippen molar-refractivity contribution < 1.29 is 4.74 Å². The van der Waals surface area contributed by atoms with E-state index in [1.807, 2.05) is 36.4 Å². The quantitative estimate of drug-likeness (QED) is 0.347. The van der Waals surface area contributed by atoms with E-state index in [4.69, 9.17) is 11.3 Å². The fraction of sp³-hybridized carbons (Fsp3) is 0.174. The molecule has 0 aliphatic carbocycles. The molecule has 1 aliphatic rings. The Balaban J connectivity index is 1.36. The number of ether oxygens (including phenoxy) is 1.